The molecule has 2 N–H and O–H groups in total. The lowest BCUT2D eigenvalue weighted by atomic mass is 10.3. The average molecular weight is 431 g/mol. The predicted molar refractivity (Wildman–Crippen MR) is 129 cm³/mol. The summed E-state index contributed by atoms with van der Waals surface area (Å²) < 4.78 is 0. The number of thioether (sulfide) groups is 4. The van der Waals surface area contributed by atoms with E-state index < -0.39 is 0 Å². The predicted octanol–water partition coefficient (Wildman–Crippen LogP) is 5.54. The number of rotatable bonds is 16. The van der Waals surface area contributed by atoms with Crippen molar-refractivity contribution in [2.24, 2.45) is 5.92 Å². The molecule has 0 aromatic carbocycles. The Morgan fingerprint density at radius 3 is 1.68 bits per heavy atom. The van der Waals surface area contributed by atoms with Crippen LogP contribution in [0.4, 0.5) is 0 Å². The molecule has 6 heteroatoms. The summed E-state index contributed by atoms with van der Waals surface area (Å²) in [7, 11) is 0. The molecule has 0 saturated carbocycles. The summed E-state index contributed by atoms with van der Waals surface area (Å²) in [6, 6.07) is 0. The van der Waals surface area contributed by atoms with Crippen molar-refractivity contribution in [1.82, 2.24) is 0 Å². The van der Waals surface area contributed by atoms with Gasteiger partial charge in [-0.15, -0.1) is 0 Å². The van der Waals surface area contributed by atoms with Gasteiger partial charge in [0.2, 0.25) is 0 Å². The molecule has 0 heterocycles. The molecule has 0 aromatic rings. The minimum Gasteiger partial charge on any atom is -0.396 e. The molecule has 2 nitrogen and oxygen atoms in total. The zero-order valence-electron chi connectivity index (χ0n) is 15.8. The van der Waals surface area contributed by atoms with Gasteiger partial charge >= 0.3 is 0 Å². The van der Waals surface area contributed by atoms with E-state index in [4.69, 9.17) is 10.2 Å². The second-order valence-corrected chi connectivity index (χ2v) is 10.1. The molecule has 0 amide bonds. The summed E-state index contributed by atoms with van der Waals surface area (Å²) in [6.07, 6.45) is 2.52. The van der Waals surface area contributed by atoms with Crippen LogP contribution in [0.25, 0.3) is 0 Å². The Kier molecular flexibility index (Phi) is 33.6. The fraction of sp³-hybridized carbons (Fsp3) is 0.895. The summed E-state index contributed by atoms with van der Waals surface area (Å²) in [5.74, 6) is 9.56. The second-order valence-electron chi connectivity index (χ2n) is 5.56. The van der Waals surface area contributed by atoms with Gasteiger partial charge in [0.1, 0.15) is 0 Å². The van der Waals surface area contributed by atoms with Crippen LogP contribution in [0, 0.1) is 5.92 Å². The quantitative estimate of drug-likeness (QED) is 0.247. The zero-order valence-corrected chi connectivity index (χ0v) is 19.1. The normalized spacial score (nSPS) is 11.2. The van der Waals surface area contributed by atoms with Gasteiger partial charge in [-0.05, 0) is 41.8 Å². The summed E-state index contributed by atoms with van der Waals surface area (Å²) in [5.41, 5.74) is 1.28. The van der Waals surface area contributed by atoms with Crippen molar-refractivity contribution in [3.63, 3.8) is 0 Å². The molecule has 1 atom stereocenters. The van der Waals surface area contributed by atoms with Gasteiger partial charge < -0.3 is 10.2 Å². The summed E-state index contributed by atoms with van der Waals surface area (Å²) >= 11 is 7.60. The third kappa shape index (κ3) is 30.0. The van der Waals surface area contributed by atoms with Crippen LogP contribution in [-0.2, 0) is 0 Å². The number of hydrogen-bond acceptors (Lipinski definition) is 6. The first-order valence-electron chi connectivity index (χ1n) is 8.81. The molecular weight excluding hydrogens is 388 g/mol. The van der Waals surface area contributed by atoms with Crippen LogP contribution in [-0.4, -0.2) is 69.4 Å². The molecule has 0 radical (unpaired) electrons. The Labute approximate surface area is 175 Å². The second kappa shape index (κ2) is 27.3. The minimum atomic E-state index is 0. The standard InChI is InChI=1S/C9H20OS2.C9H18OS2.CH4/c2*1-3-5-11-7-9(2)8-12-6-4-10;/h9-10H,3-8H2,1-2H3;10H,2-8H2,1H3;1H4. The summed E-state index contributed by atoms with van der Waals surface area (Å²) in [5, 5.41) is 17.1. The van der Waals surface area contributed by atoms with Gasteiger partial charge in [0.15, 0.2) is 0 Å². The molecule has 0 spiro atoms. The van der Waals surface area contributed by atoms with Crippen LogP contribution >= 0.6 is 47.0 Å². The van der Waals surface area contributed by atoms with Crippen LogP contribution in [0.1, 0.15) is 41.0 Å². The number of aliphatic hydroxyl groups excluding tert-OH is 2. The van der Waals surface area contributed by atoms with Crippen molar-refractivity contribution in [1.29, 1.82) is 0 Å². The van der Waals surface area contributed by atoms with Gasteiger partial charge in [-0.3, -0.25) is 0 Å². The van der Waals surface area contributed by atoms with Crippen LogP contribution in [0.5, 0.6) is 0 Å². The maximum atomic E-state index is 8.57. The lowest BCUT2D eigenvalue weighted by Crippen LogP contribution is -2.03. The van der Waals surface area contributed by atoms with E-state index in [9.17, 15) is 0 Å². The zero-order chi connectivity index (χ0) is 18.5. The molecule has 0 aliphatic heterocycles. The van der Waals surface area contributed by atoms with Crippen LogP contribution in [0.15, 0.2) is 12.2 Å². The number of aliphatic hydroxyl groups is 2. The van der Waals surface area contributed by atoms with E-state index in [1.807, 2.05) is 35.3 Å². The van der Waals surface area contributed by atoms with E-state index in [1.54, 1.807) is 11.8 Å². The van der Waals surface area contributed by atoms with Gasteiger partial charge in [-0.2, -0.15) is 47.0 Å². The molecule has 154 valence electrons. The molecular formula is C19H42O2S4. The van der Waals surface area contributed by atoms with Crippen molar-refractivity contribution >= 4 is 47.0 Å². The molecule has 0 bridgehead atoms. The minimum absolute atomic E-state index is 0. The largest absolute Gasteiger partial charge is 0.396 e. The van der Waals surface area contributed by atoms with Crippen molar-refractivity contribution in [2.45, 2.75) is 41.0 Å². The first kappa shape index (κ1) is 30.8. The first-order chi connectivity index (χ1) is 11.6. The van der Waals surface area contributed by atoms with Crippen molar-refractivity contribution in [2.75, 3.05) is 59.2 Å². The molecule has 25 heavy (non-hydrogen) atoms. The Balaban J connectivity index is -0.000000372. The van der Waals surface area contributed by atoms with Gasteiger partial charge in [-0.1, -0.05) is 40.3 Å². The topological polar surface area (TPSA) is 40.5 Å². The Hall–Kier alpha value is 1.06. The molecule has 0 aliphatic carbocycles. The van der Waals surface area contributed by atoms with E-state index in [1.165, 1.54) is 41.4 Å². The highest BCUT2D eigenvalue weighted by atomic mass is 32.2. The molecule has 0 aliphatic rings. The van der Waals surface area contributed by atoms with E-state index in [0.29, 0.717) is 6.61 Å². The highest BCUT2D eigenvalue weighted by molar-refractivity contribution is 8.00. The molecule has 0 rings (SSSR count). The summed E-state index contributed by atoms with van der Waals surface area (Å²) in [6.45, 7) is 11.3. The Morgan fingerprint density at radius 2 is 1.20 bits per heavy atom. The van der Waals surface area contributed by atoms with Crippen LogP contribution < -0.4 is 0 Å². The molecule has 1 unspecified atom stereocenters. The Bertz CT molecular complexity index is 232. The van der Waals surface area contributed by atoms with E-state index >= 15 is 0 Å². The lowest BCUT2D eigenvalue weighted by molar-refractivity contribution is 0.322. The fourth-order valence-electron chi connectivity index (χ4n) is 1.51. The average Bonchev–Trinajstić information content (AvgIpc) is 2.56. The maximum Gasteiger partial charge on any atom is 0.0521 e. The van der Waals surface area contributed by atoms with Crippen molar-refractivity contribution < 1.29 is 10.2 Å². The smallest absolute Gasteiger partial charge is 0.0521 e. The van der Waals surface area contributed by atoms with Crippen molar-refractivity contribution in [3.05, 3.63) is 12.2 Å². The Morgan fingerprint density at radius 1 is 0.800 bits per heavy atom. The highest BCUT2D eigenvalue weighted by Crippen LogP contribution is 2.14. The number of hydrogen-bond donors (Lipinski definition) is 2. The summed E-state index contributed by atoms with van der Waals surface area (Å²) in [4.78, 5) is 0. The molecule has 0 saturated heterocycles. The molecule has 0 fully saturated rings. The van der Waals surface area contributed by atoms with Gasteiger partial charge in [0.05, 0.1) is 13.2 Å². The van der Waals surface area contributed by atoms with Crippen LogP contribution in [0.2, 0.25) is 0 Å². The van der Waals surface area contributed by atoms with Gasteiger partial charge in [0, 0.05) is 23.0 Å². The highest BCUT2D eigenvalue weighted by Gasteiger charge is 2.01. The molecule has 0 aromatic heterocycles. The third-order valence-corrected chi connectivity index (χ3v) is 7.76. The monoisotopic (exact) mass is 430 g/mol. The first-order valence-corrected chi connectivity index (χ1v) is 13.4. The van der Waals surface area contributed by atoms with Crippen LogP contribution in [0.3, 0.4) is 0 Å². The van der Waals surface area contributed by atoms with Gasteiger partial charge in [0.25, 0.3) is 0 Å². The third-order valence-electron chi connectivity index (χ3n) is 2.59. The van der Waals surface area contributed by atoms with E-state index in [0.717, 1.165) is 28.9 Å². The van der Waals surface area contributed by atoms with Crippen molar-refractivity contribution in [3.8, 4) is 0 Å². The van der Waals surface area contributed by atoms with E-state index in [-0.39, 0.29) is 14.0 Å². The fourth-order valence-corrected chi connectivity index (χ4v) is 5.07. The maximum absolute atomic E-state index is 8.57. The SMILES string of the molecule is C.C=C(CSCCC)CSCCO.CCCSCC(C)CSCCO. The lowest BCUT2D eigenvalue weighted by Gasteiger charge is -2.09. The van der Waals surface area contributed by atoms with Gasteiger partial charge in [-0.25, -0.2) is 0 Å². The van der Waals surface area contributed by atoms with E-state index in [2.05, 4.69) is 27.4 Å².